The summed E-state index contributed by atoms with van der Waals surface area (Å²) >= 11 is 0. The van der Waals surface area contributed by atoms with Crippen molar-refractivity contribution in [3.63, 3.8) is 0 Å². The van der Waals surface area contributed by atoms with Gasteiger partial charge in [0.05, 0.1) is 0 Å². The summed E-state index contributed by atoms with van der Waals surface area (Å²) in [7, 11) is 0. The summed E-state index contributed by atoms with van der Waals surface area (Å²) in [4.78, 5) is 10.1. The fourth-order valence-corrected chi connectivity index (χ4v) is 0.214. The van der Waals surface area contributed by atoms with Crippen molar-refractivity contribution in [1.82, 2.24) is 0 Å². The van der Waals surface area contributed by atoms with Gasteiger partial charge in [0, 0.05) is 5.91 Å². The van der Waals surface area contributed by atoms with Gasteiger partial charge in [-0.15, -0.1) is 1.41 Å². The molecule has 0 unspecified atom stereocenters. The van der Waals surface area contributed by atoms with E-state index in [-0.39, 0.29) is 5.91 Å². The Morgan fingerprint density at radius 3 is 3.00 bits per heavy atom. The predicted octanol–water partition coefficient (Wildman–Crippen LogP) is 1.37. The van der Waals surface area contributed by atoms with Gasteiger partial charge in [-0.1, -0.05) is 13.3 Å². The molecule has 1 N–H and O–H groups in total. The highest BCUT2D eigenvalue weighted by molar-refractivity contribution is 5.83. The van der Waals surface area contributed by atoms with Gasteiger partial charge in [-0.05, 0) is 6.42 Å². The lowest BCUT2D eigenvalue weighted by Crippen LogP contribution is -1.83. The van der Waals surface area contributed by atoms with Gasteiger partial charge in [-0.25, -0.2) is 0 Å². The first kappa shape index (κ1) is 3.65. The van der Waals surface area contributed by atoms with Crippen LogP contribution in [-0.4, -0.2) is 5.91 Å². The number of hydrogen-bond acceptors (Lipinski definition) is 1. The second kappa shape index (κ2) is 2.69. The van der Waals surface area contributed by atoms with Crippen molar-refractivity contribution in [2.75, 3.05) is 0 Å². The molecule has 0 bridgehead atoms. The SMILES string of the molecule is [3H][N-]C(=O)CCC. The Bertz CT molecular complexity index is 64.7. The van der Waals surface area contributed by atoms with E-state index in [0.29, 0.717) is 6.42 Å². The van der Waals surface area contributed by atoms with Crippen molar-refractivity contribution in [3.8, 4) is 0 Å². The number of carbonyl (C=O) groups excluding carboxylic acids is 1. The van der Waals surface area contributed by atoms with Gasteiger partial charge in [0.1, 0.15) is 0 Å². The first-order chi connectivity index (χ1) is 3.31. The lowest BCUT2D eigenvalue weighted by Gasteiger charge is -1.92. The fourth-order valence-electron chi connectivity index (χ4n) is 0.214. The molecular weight excluding hydrogens is 78.0 g/mol. The molecule has 0 spiro atoms. The molecule has 0 heterocycles. The van der Waals surface area contributed by atoms with E-state index in [0.717, 1.165) is 6.42 Å². The van der Waals surface area contributed by atoms with Gasteiger partial charge >= 0.3 is 0 Å². The largest absolute Gasteiger partial charge is 0.668 e. The van der Waals surface area contributed by atoms with Crippen molar-refractivity contribution in [1.29, 1.82) is 0 Å². The van der Waals surface area contributed by atoms with Crippen LogP contribution in [0.25, 0.3) is 5.73 Å². The number of carbonyl (C=O) groups is 1. The summed E-state index contributed by atoms with van der Waals surface area (Å²) in [5, 5.41) is 0. The summed E-state index contributed by atoms with van der Waals surface area (Å²) in [5.74, 6) is -0.331. The highest BCUT2D eigenvalue weighted by atomic mass is 16.1. The van der Waals surface area contributed by atoms with Crippen LogP contribution in [0.3, 0.4) is 0 Å². The molecule has 0 saturated heterocycles. The monoisotopic (exact) mass is 88.1 g/mol. The van der Waals surface area contributed by atoms with E-state index in [2.05, 4.69) is 5.73 Å². The second-order valence-corrected chi connectivity index (χ2v) is 1.14. The van der Waals surface area contributed by atoms with Gasteiger partial charge in [0.2, 0.25) is 0 Å². The van der Waals surface area contributed by atoms with Crippen LogP contribution in [0.2, 0.25) is 1.41 Å². The number of hydrogen-bond donors (Lipinski definition) is 0. The zero-order valence-electron chi connectivity index (χ0n) is 4.77. The molecule has 0 fully saturated rings. The van der Waals surface area contributed by atoms with Crippen molar-refractivity contribution in [2.45, 2.75) is 19.8 Å². The van der Waals surface area contributed by atoms with Crippen LogP contribution >= 0.6 is 0 Å². The van der Waals surface area contributed by atoms with Crippen LogP contribution in [0.1, 0.15) is 19.8 Å². The minimum Gasteiger partial charge on any atom is -0.668 e. The molecule has 0 aromatic rings. The highest BCUT2D eigenvalue weighted by Gasteiger charge is 1.75. The van der Waals surface area contributed by atoms with Crippen LogP contribution in [0, 0.1) is 0 Å². The molecule has 0 aromatic heterocycles. The molecule has 2 nitrogen and oxygen atoms in total. The van der Waals surface area contributed by atoms with Crippen molar-refractivity contribution in [2.24, 2.45) is 0 Å². The average Bonchev–Trinajstić information content (AvgIpc) is 1.68. The van der Waals surface area contributed by atoms with Gasteiger partial charge < -0.3 is 10.5 Å². The summed E-state index contributed by atoms with van der Waals surface area (Å²) in [6, 6.07) is 0. The topological polar surface area (TPSA) is 40.9 Å². The number of amides is 1. The Morgan fingerprint density at radius 1 is 2.17 bits per heavy atom. The first-order valence-electron chi connectivity index (χ1n) is 2.44. The maximum absolute atomic E-state index is 10.1. The van der Waals surface area contributed by atoms with Crippen molar-refractivity contribution in [3.05, 3.63) is 5.73 Å². The molecule has 36 valence electrons. The van der Waals surface area contributed by atoms with E-state index in [9.17, 15) is 4.79 Å². The van der Waals surface area contributed by atoms with Gasteiger partial charge in [-0.2, -0.15) is 0 Å². The highest BCUT2D eigenvalue weighted by Crippen LogP contribution is 1.85. The molecule has 0 aliphatic heterocycles. The van der Waals surface area contributed by atoms with E-state index < -0.39 is 0 Å². The Kier molecular flexibility index (Phi) is 1.64. The lowest BCUT2D eigenvalue weighted by atomic mass is 10.3. The van der Waals surface area contributed by atoms with E-state index in [1.165, 1.54) is 0 Å². The molecule has 6 heavy (non-hydrogen) atoms. The standard InChI is InChI=1S/C4H9NO/c1-2-3-4(5)6/h2-3H2,1H3,(H2,5,6)/p-1/i/hT. The van der Waals surface area contributed by atoms with E-state index >= 15 is 0 Å². The fraction of sp³-hybridized carbons (Fsp3) is 0.750. The normalized spacial score (nSPS) is 9.83. The van der Waals surface area contributed by atoms with Crippen LogP contribution in [0.15, 0.2) is 0 Å². The molecule has 0 aromatic carbocycles. The molecule has 0 aliphatic rings. The van der Waals surface area contributed by atoms with Gasteiger partial charge in [0.25, 0.3) is 0 Å². The minimum atomic E-state index is -0.331. The zero-order chi connectivity index (χ0) is 5.70. The third kappa shape index (κ3) is 3.47. The van der Waals surface area contributed by atoms with Crippen LogP contribution < -0.4 is 0 Å². The van der Waals surface area contributed by atoms with Gasteiger partial charge in [-0.3, -0.25) is 0 Å². The van der Waals surface area contributed by atoms with Crippen molar-refractivity contribution < 1.29 is 6.21 Å². The zero-order valence-corrected chi connectivity index (χ0v) is 3.77. The second-order valence-electron chi connectivity index (χ2n) is 1.14. The summed E-state index contributed by atoms with van der Waals surface area (Å²) in [6.07, 6.45) is 1.19. The molecule has 0 atom stereocenters. The maximum Gasteiger partial charge on any atom is 0.0487 e. The Morgan fingerprint density at radius 2 is 2.83 bits per heavy atom. The lowest BCUT2D eigenvalue weighted by molar-refractivity contribution is -0.114. The summed E-state index contributed by atoms with van der Waals surface area (Å²) in [5.41, 5.74) is 2.69. The van der Waals surface area contributed by atoms with E-state index in [1.807, 2.05) is 6.92 Å². The molecule has 2 heteroatoms. The molecule has 0 aliphatic carbocycles. The smallest absolute Gasteiger partial charge is 0.0487 e. The van der Waals surface area contributed by atoms with Crippen LogP contribution in [0.5, 0.6) is 0 Å². The Labute approximate surface area is 38.8 Å². The third-order valence-corrected chi connectivity index (χ3v) is 0.464. The molecule has 0 saturated carbocycles. The van der Waals surface area contributed by atoms with Crippen LogP contribution in [-0.2, 0) is 4.79 Å². The Balaban J connectivity index is 3.00. The number of rotatable bonds is 2. The van der Waals surface area contributed by atoms with Crippen LogP contribution in [0.4, 0.5) is 0 Å². The van der Waals surface area contributed by atoms with Gasteiger partial charge in [0.15, 0.2) is 0 Å². The third-order valence-electron chi connectivity index (χ3n) is 0.464. The molecule has 0 rings (SSSR count). The molecular formula is C4H8NO-. The molecule has 1 amide bonds. The summed E-state index contributed by atoms with van der Waals surface area (Å²) in [6.45, 7) is 1.88. The van der Waals surface area contributed by atoms with E-state index in [1.54, 1.807) is 0 Å². The van der Waals surface area contributed by atoms with E-state index in [4.69, 9.17) is 1.41 Å². The predicted molar refractivity (Wildman–Crippen MR) is 24.2 cm³/mol. The van der Waals surface area contributed by atoms with Crippen molar-refractivity contribution >= 4 is 5.91 Å². The Hall–Kier alpha value is -0.530. The summed E-state index contributed by atoms with van der Waals surface area (Å²) < 4.78 is 6.19. The first-order valence-corrected chi connectivity index (χ1v) is 1.99. The molecule has 0 radical (unpaired) electrons. The maximum atomic E-state index is 10.1. The number of nitrogens with one attached hydrogen (secondary N) is 1. The quantitative estimate of drug-likeness (QED) is 0.502. The minimum absolute atomic E-state index is 0.331. The average molecular weight is 88.1 g/mol.